The Balaban J connectivity index is 1.72. The normalized spacial score (nSPS) is 20.5. The molecular formula is C25H26N2O3. The van der Waals surface area contributed by atoms with Crippen molar-refractivity contribution < 1.29 is 14.3 Å². The van der Waals surface area contributed by atoms with Gasteiger partial charge in [0.1, 0.15) is 6.61 Å². The Morgan fingerprint density at radius 2 is 1.83 bits per heavy atom. The fourth-order valence-corrected chi connectivity index (χ4v) is 4.40. The number of dihydropyridines is 1. The van der Waals surface area contributed by atoms with E-state index in [-0.39, 0.29) is 17.8 Å². The van der Waals surface area contributed by atoms with Gasteiger partial charge in [-0.2, -0.15) is 0 Å². The first-order valence-corrected chi connectivity index (χ1v) is 10.2. The number of carbonyl (C=O) groups is 2. The summed E-state index contributed by atoms with van der Waals surface area (Å²) in [5.41, 5.74) is 4.50. The van der Waals surface area contributed by atoms with Gasteiger partial charge in [0.15, 0.2) is 5.78 Å². The minimum Gasteiger partial charge on any atom is -0.457 e. The molecule has 1 aliphatic carbocycles. The van der Waals surface area contributed by atoms with Gasteiger partial charge in [-0.15, -0.1) is 0 Å². The molecular weight excluding hydrogens is 376 g/mol. The molecule has 5 heteroatoms. The molecule has 4 rings (SSSR count). The number of ether oxygens (including phenoxy) is 1. The SMILES string of the molecule is CC1=C(C(=O)OCc2ccccc2)[C@@H](c2ccncc2)C2=C(CC(C)(C)CC2=O)N1. The minimum atomic E-state index is -0.448. The van der Waals surface area contributed by atoms with Gasteiger partial charge in [-0.3, -0.25) is 9.78 Å². The summed E-state index contributed by atoms with van der Waals surface area (Å²) in [7, 11) is 0. The molecule has 0 bridgehead atoms. The smallest absolute Gasteiger partial charge is 0.337 e. The molecule has 1 aromatic heterocycles. The number of nitrogens with zero attached hydrogens (tertiary/aromatic N) is 1. The van der Waals surface area contributed by atoms with Gasteiger partial charge < -0.3 is 10.1 Å². The van der Waals surface area contributed by atoms with Crippen LogP contribution in [0.3, 0.4) is 0 Å². The number of ketones is 1. The molecule has 0 amide bonds. The van der Waals surface area contributed by atoms with Gasteiger partial charge in [0.05, 0.1) is 5.57 Å². The van der Waals surface area contributed by atoms with Crippen molar-refractivity contribution in [3.63, 3.8) is 0 Å². The topological polar surface area (TPSA) is 68.3 Å². The van der Waals surface area contributed by atoms with Gasteiger partial charge in [0.2, 0.25) is 0 Å². The maximum absolute atomic E-state index is 13.2. The predicted octanol–water partition coefficient (Wildman–Crippen LogP) is 4.43. The fourth-order valence-electron chi connectivity index (χ4n) is 4.40. The first-order valence-electron chi connectivity index (χ1n) is 10.2. The maximum Gasteiger partial charge on any atom is 0.337 e. The molecule has 5 nitrogen and oxygen atoms in total. The average molecular weight is 402 g/mol. The first-order chi connectivity index (χ1) is 14.4. The van der Waals surface area contributed by atoms with Gasteiger partial charge in [0.25, 0.3) is 0 Å². The fraction of sp³-hybridized carbons (Fsp3) is 0.320. The van der Waals surface area contributed by atoms with E-state index in [1.54, 1.807) is 12.4 Å². The molecule has 1 atom stereocenters. The molecule has 0 saturated heterocycles. The van der Waals surface area contributed by atoms with E-state index in [2.05, 4.69) is 24.1 Å². The summed E-state index contributed by atoms with van der Waals surface area (Å²) >= 11 is 0. The van der Waals surface area contributed by atoms with Crippen molar-refractivity contribution in [1.29, 1.82) is 0 Å². The number of benzene rings is 1. The summed E-state index contributed by atoms with van der Waals surface area (Å²) < 4.78 is 5.66. The number of Topliss-reactive ketones (excluding diaryl/α,β-unsaturated/α-hetero) is 1. The molecule has 0 spiro atoms. The molecule has 154 valence electrons. The largest absolute Gasteiger partial charge is 0.457 e. The lowest BCUT2D eigenvalue weighted by Crippen LogP contribution is -2.38. The standard InChI is InChI=1S/C25H26N2O3/c1-16-21(24(29)30-15-17-7-5-4-6-8-17)22(18-9-11-26-12-10-18)23-19(27-16)13-25(2,3)14-20(23)28/h4-12,22,27H,13-15H2,1-3H3/t22-/m1/s1. The Bertz CT molecular complexity index is 1040. The van der Waals surface area contributed by atoms with Crippen LogP contribution >= 0.6 is 0 Å². The van der Waals surface area contributed by atoms with Gasteiger partial charge in [-0.05, 0) is 42.0 Å². The molecule has 2 aromatic rings. The number of pyridine rings is 1. The third kappa shape index (κ3) is 3.92. The molecule has 0 fully saturated rings. The Kier molecular flexibility index (Phi) is 5.29. The molecule has 30 heavy (non-hydrogen) atoms. The van der Waals surface area contributed by atoms with Crippen LogP contribution in [0.1, 0.15) is 50.7 Å². The van der Waals surface area contributed by atoms with E-state index in [1.807, 2.05) is 49.4 Å². The van der Waals surface area contributed by atoms with Crippen molar-refractivity contribution in [3.05, 3.63) is 88.5 Å². The average Bonchev–Trinajstić information content (AvgIpc) is 2.71. The summed E-state index contributed by atoms with van der Waals surface area (Å²) in [6, 6.07) is 13.3. The van der Waals surface area contributed by atoms with E-state index in [0.717, 1.165) is 28.9 Å². The molecule has 1 N–H and O–H groups in total. The van der Waals surface area contributed by atoms with Gasteiger partial charge in [-0.1, -0.05) is 44.2 Å². The Morgan fingerprint density at radius 1 is 1.13 bits per heavy atom. The van der Waals surface area contributed by atoms with Crippen LogP contribution in [-0.2, 0) is 20.9 Å². The van der Waals surface area contributed by atoms with Gasteiger partial charge in [-0.25, -0.2) is 4.79 Å². The quantitative estimate of drug-likeness (QED) is 0.767. The second-order valence-corrected chi connectivity index (χ2v) is 8.77. The molecule has 2 aliphatic rings. The van der Waals surface area contributed by atoms with E-state index in [4.69, 9.17) is 4.74 Å². The molecule has 1 aliphatic heterocycles. The van der Waals surface area contributed by atoms with Crippen LogP contribution < -0.4 is 5.32 Å². The van der Waals surface area contributed by atoms with Crippen molar-refractivity contribution in [3.8, 4) is 0 Å². The van der Waals surface area contributed by atoms with Crippen LogP contribution in [0.2, 0.25) is 0 Å². The Labute approximate surface area is 176 Å². The predicted molar refractivity (Wildman–Crippen MR) is 114 cm³/mol. The third-order valence-electron chi connectivity index (χ3n) is 5.71. The lowest BCUT2D eigenvalue weighted by molar-refractivity contribution is -0.140. The second-order valence-electron chi connectivity index (χ2n) is 8.77. The summed E-state index contributed by atoms with van der Waals surface area (Å²) in [5.74, 6) is -0.776. The molecule has 0 unspecified atom stereocenters. The highest BCUT2D eigenvalue weighted by molar-refractivity contribution is 6.04. The van der Waals surface area contributed by atoms with E-state index in [1.165, 1.54) is 0 Å². The number of carbonyl (C=O) groups excluding carboxylic acids is 2. The first kappa shape index (κ1) is 20.1. The van der Waals surface area contributed by atoms with Crippen molar-refractivity contribution in [2.45, 2.75) is 46.1 Å². The summed E-state index contributed by atoms with van der Waals surface area (Å²) in [6.07, 6.45) is 4.61. The van der Waals surface area contributed by atoms with Crippen LogP contribution in [0.15, 0.2) is 77.4 Å². The maximum atomic E-state index is 13.2. The zero-order chi connectivity index (χ0) is 21.3. The number of esters is 1. The second kappa shape index (κ2) is 7.90. The van der Waals surface area contributed by atoms with Crippen molar-refractivity contribution in [1.82, 2.24) is 10.3 Å². The zero-order valence-electron chi connectivity index (χ0n) is 17.6. The highest BCUT2D eigenvalue weighted by Gasteiger charge is 2.43. The van der Waals surface area contributed by atoms with E-state index >= 15 is 0 Å². The van der Waals surface area contributed by atoms with Crippen molar-refractivity contribution >= 4 is 11.8 Å². The van der Waals surface area contributed by atoms with Crippen molar-refractivity contribution in [2.24, 2.45) is 5.41 Å². The number of hydrogen-bond donors (Lipinski definition) is 1. The number of allylic oxidation sites excluding steroid dienone is 3. The Hall–Kier alpha value is -3.21. The third-order valence-corrected chi connectivity index (χ3v) is 5.71. The monoisotopic (exact) mass is 402 g/mol. The van der Waals surface area contributed by atoms with Crippen LogP contribution in [0, 0.1) is 5.41 Å². The molecule has 1 aromatic carbocycles. The van der Waals surface area contributed by atoms with E-state index in [0.29, 0.717) is 17.6 Å². The van der Waals surface area contributed by atoms with Crippen LogP contribution in [-0.4, -0.2) is 16.7 Å². The number of rotatable bonds is 4. The van der Waals surface area contributed by atoms with Crippen LogP contribution in [0.25, 0.3) is 0 Å². The molecule has 0 radical (unpaired) electrons. The highest BCUT2D eigenvalue weighted by atomic mass is 16.5. The highest BCUT2D eigenvalue weighted by Crippen LogP contribution is 2.46. The zero-order valence-corrected chi connectivity index (χ0v) is 17.6. The summed E-state index contributed by atoms with van der Waals surface area (Å²) in [6.45, 7) is 6.26. The van der Waals surface area contributed by atoms with Crippen LogP contribution in [0.4, 0.5) is 0 Å². The Morgan fingerprint density at radius 3 is 2.53 bits per heavy atom. The summed E-state index contributed by atoms with van der Waals surface area (Å²) in [5, 5.41) is 3.36. The van der Waals surface area contributed by atoms with Gasteiger partial charge >= 0.3 is 5.97 Å². The lowest BCUT2D eigenvalue weighted by atomic mass is 9.68. The number of aromatic nitrogens is 1. The summed E-state index contributed by atoms with van der Waals surface area (Å²) in [4.78, 5) is 30.5. The minimum absolute atomic E-state index is 0.0800. The number of nitrogens with one attached hydrogen (secondary N) is 1. The van der Waals surface area contributed by atoms with Gasteiger partial charge in [0, 0.05) is 41.7 Å². The van der Waals surface area contributed by atoms with Crippen LogP contribution in [0.5, 0.6) is 0 Å². The number of hydrogen-bond acceptors (Lipinski definition) is 5. The lowest BCUT2D eigenvalue weighted by Gasteiger charge is -2.39. The van der Waals surface area contributed by atoms with E-state index in [9.17, 15) is 9.59 Å². The molecule has 0 saturated carbocycles. The van der Waals surface area contributed by atoms with E-state index < -0.39 is 11.9 Å². The molecule has 2 heterocycles. The van der Waals surface area contributed by atoms with Crippen molar-refractivity contribution in [2.75, 3.05) is 0 Å².